The van der Waals surface area contributed by atoms with E-state index in [9.17, 15) is 13.2 Å². The molecule has 1 aromatic carbocycles. The maximum absolute atomic E-state index is 11.6. The van der Waals surface area contributed by atoms with Crippen LogP contribution in [0.25, 0.3) is 10.8 Å². The molecule has 0 radical (unpaired) electrons. The Kier molecular flexibility index (Phi) is 4.66. The van der Waals surface area contributed by atoms with Gasteiger partial charge in [-0.1, -0.05) is 17.7 Å². The number of fused-ring (bicyclic) bond motifs is 1. The number of aromatic nitrogens is 1. The van der Waals surface area contributed by atoms with Crippen LogP contribution in [0.3, 0.4) is 0 Å². The van der Waals surface area contributed by atoms with Gasteiger partial charge in [0.05, 0.1) is 5.75 Å². The fraction of sp³-hybridized carbons (Fsp3) is 0.474. The highest BCUT2D eigenvalue weighted by molar-refractivity contribution is 7.90. The van der Waals surface area contributed by atoms with Gasteiger partial charge in [-0.05, 0) is 30.0 Å². The van der Waals surface area contributed by atoms with Crippen LogP contribution < -0.4 is 4.90 Å². The van der Waals surface area contributed by atoms with E-state index in [-0.39, 0.29) is 23.6 Å². The van der Waals surface area contributed by atoms with Crippen molar-refractivity contribution >= 4 is 44.0 Å². The Hall–Kier alpha value is -2.06. The number of hydrogen-bond acceptors (Lipinski definition) is 5. The Labute approximate surface area is 168 Å². The van der Waals surface area contributed by atoms with Crippen molar-refractivity contribution in [3.8, 4) is 0 Å². The van der Waals surface area contributed by atoms with Crippen molar-refractivity contribution in [1.29, 1.82) is 0 Å². The molecular formula is C19H22ClN3O4S. The predicted octanol–water partition coefficient (Wildman–Crippen LogP) is 2.83. The number of pyridine rings is 1. The van der Waals surface area contributed by atoms with Crippen molar-refractivity contribution in [2.24, 2.45) is 5.92 Å². The van der Waals surface area contributed by atoms with Crippen LogP contribution in [0.5, 0.6) is 0 Å². The Morgan fingerprint density at radius 2 is 2.00 bits per heavy atom. The van der Waals surface area contributed by atoms with Gasteiger partial charge in [0.15, 0.2) is 0 Å². The summed E-state index contributed by atoms with van der Waals surface area (Å²) in [6.45, 7) is 3.67. The van der Waals surface area contributed by atoms with Gasteiger partial charge < -0.3 is 14.9 Å². The summed E-state index contributed by atoms with van der Waals surface area (Å²) in [4.78, 5) is 18.9. The molecule has 28 heavy (non-hydrogen) atoms. The van der Waals surface area contributed by atoms with Crippen LogP contribution in [-0.2, 0) is 9.84 Å². The first-order valence-electron chi connectivity index (χ1n) is 9.14. The predicted molar refractivity (Wildman–Crippen MR) is 109 cm³/mol. The van der Waals surface area contributed by atoms with Gasteiger partial charge in [-0.3, -0.25) is 0 Å². The number of benzene rings is 1. The average molecular weight is 424 g/mol. The lowest BCUT2D eigenvalue weighted by Crippen LogP contribution is -2.57. The highest BCUT2D eigenvalue weighted by Crippen LogP contribution is 2.41. The lowest BCUT2D eigenvalue weighted by molar-refractivity contribution is 0.106. The van der Waals surface area contributed by atoms with Crippen LogP contribution in [0, 0.1) is 5.92 Å². The van der Waals surface area contributed by atoms with Crippen molar-refractivity contribution in [2.75, 3.05) is 36.5 Å². The SMILES string of the molecule is C[C@@H]1[C@@H](CS(C)(=O)=O)CN1c1ccc(C2CN(C(=O)O)C2)c2cc(Cl)ncc12. The van der Waals surface area contributed by atoms with Gasteiger partial charge in [0.1, 0.15) is 15.0 Å². The van der Waals surface area contributed by atoms with E-state index in [0.717, 1.165) is 22.0 Å². The van der Waals surface area contributed by atoms with Crippen molar-refractivity contribution in [3.05, 3.63) is 35.1 Å². The van der Waals surface area contributed by atoms with E-state index in [1.165, 1.54) is 11.2 Å². The molecule has 1 aromatic heterocycles. The first-order valence-corrected chi connectivity index (χ1v) is 11.6. The first kappa shape index (κ1) is 19.3. The Morgan fingerprint density at radius 1 is 1.29 bits per heavy atom. The van der Waals surface area contributed by atoms with E-state index in [4.69, 9.17) is 16.7 Å². The third-order valence-electron chi connectivity index (χ3n) is 5.90. The molecule has 0 aliphatic carbocycles. The summed E-state index contributed by atoms with van der Waals surface area (Å²) in [6.07, 6.45) is 2.13. The smallest absolute Gasteiger partial charge is 0.407 e. The van der Waals surface area contributed by atoms with Crippen molar-refractivity contribution in [2.45, 2.75) is 18.9 Å². The van der Waals surface area contributed by atoms with Crippen LogP contribution in [0.15, 0.2) is 24.4 Å². The summed E-state index contributed by atoms with van der Waals surface area (Å²) in [5, 5.41) is 11.4. The van der Waals surface area contributed by atoms with E-state index < -0.39 is 15.9 Å². The summed E-state index contributed by atoms with van der Waals surface area (Å²) in [5.74, 6) is 0.441. The van der Waals surface area contributed by atoms with Gasteiger partial charge in [0, 0.05) is 61.0 Å². The molecule has 2 aromatic rings. The minimum atomic E-state index is -3.01. The van der Waals surface area contributed by atoms with E-state index >= 15 is 0 Å². The van der Waals surface area contributed by atoms with Gasteiger partial charge in [-0.15, -0.1) is 0 Å². The van der Waals surface area contributed by atoms with E-state index in [1.54, 1.807) is 6.20 Å². The molecule has 4 rings (SSSR count). The molecule has 1 amide bonds. The van der Waals surface area contributed by atoms with E-state index in [2.05, 4.69) is 9.88 Å². The molecule has 2 fully saturated rings. The summed E-state index contributed by atoms with van der Waals surface area (Å²) in [7, 11) is -3.01. The normalized spacial score (nSPS) is 22.8. The summed E-state index contributed by atoms with van der Waals surface area (Å²) in [5.41, 5.74) is 2.08. The van der Waals surface area contributed by atoms with Gasteiger partial charge >= 0.3 is 6.09 Å². The minimum Gasteiger partial charge on any atom is -0.465 e. The van der Waals surface area contributed by atoms with Gasteiger partial charge in [-0.25, -0.2) is 18.2 Å². The molecule has 2 aliphatic rings. The lowest BCUT2D eigenvalue weighted by atomic mass is 9.86. The third kappa shape index (κ3) is 3.39. The Balaban J connectivity index is 1.65. The molecule has 0 saturated carbocycles. The topological polar surface area (TPSA) is 90.8 Å². The maximum Gasteiger partial charge on any atom is 0.407 e. The number of nitrogens with zero attached hydrogens (tertiary/aromatic N) is 3. The quantitative estimate of drug-likeness (QED) is 0.760. The minimum absolute atomic E-state index is 0.112. The number of carbonyl (C=O) groups is 1. The fourth-order valence-electron chi connectivity index (χ4n) is 4.25. The number of carboxylic acid groups (broad SMARTS) is 1. The van der Waals surface area contributed by atoms with Gasteiger partial charge in [-0.2, -0.15) is 0 Å². The first-order chi connectivity index (χ1) is 13.1. The molecule has 3 heterocycles. The molecule has 2 saturated heterocycles. The number of amides is 1. The monoisotopic (exact) mass is 423 g/mol. The summed E-state index contributed by atoms with van der Waals surface area (Å²) in [6, 6.07) is 6.02. The van der Waals surface area contributed by atoms with E-state index in [1.807, 2.05) is 25.1 Å². The molecule has 0 bridgehead atoms. The van der Waals surface area contributed by atoms with Crippen LogP contribution in [0.4, 0.5) is 10.5 Å². The van der Waals surface area contributed by atoms with Crippen molar-refractivity contribution < 1.29 is 18.3 Å². The van der Waals surface area contributed by atoms with Crippen LogP contribution in [0.1, 0.15) is 18.4 Å². The number of rotatable bonds is 4. The molecule has 1 N–H and O–H groups in total. The fourth-order valence-corrected chi connectivity index (χ4v) is 5.57. The molecule has 150 valence electrons. The second-order valence-electron chi connectivity index (χ2n) is 7.86. The largest absolute Gasteiger partial charge is 0.465 e. The molecule has 2 aliphatic heterocycles. The third-order valence-corrected chi connectivity index (χ3v) is 7.14. The molecule has 9 heteroatoms. The molecular weight excluding hydrogens is 402 g/mol. The zero-order chi connectivity index (χ0) is 20.2. The molecule has 2 atom stereocenters. The number of hydrogen-bond donors (Lipinski definition) is 1. The summed E-state index contributed by atoms with van der Waals surface area (Å²) < 4.78 is 23.2. The zero-order valence-electron chi connectivity index (χ0n) is 15.7. The van der Waals surface area contributed by atoms with Gasteiger partial charge in [0.25, 0.3) is 0 Å². The van der Waals surface area contributed by atoms with Crippen LogP contribution >= 0.6 is 11.6 Å². The second-order valence-corrected chi connectivity index (χ2v) is 10.4. The van der Waals surface area contributed by atoms with Crippen molar-refractivity contribution in [3.63, 3.8) is 0 Å². The highest BCUT2D eigenvalue weighted by Gasteiger charge is 2.39. The molecule has 0 unspecified atom stereocenters. The molecule has 7 nitrogen and oxygen atoms in total. The lowest BCUT2D eigenvalue weighted by Gasteiger charge is -2.48. The van der Waals surface area contributed by atoms with Gasteiger partial charge in [0.2, 0.25) is 0 Å². The van der Waals surface area contributed by atoms with Crippen molar-refractivity contribution in [1.82, 2.24) is 9.88 Å². The zero-order valence-corrected chi connectivity index (χ0v) is 17.2. The summed E-state index contributed by atoms with van der Waals surface area (Å²) >= 11 is 6.14. The standard InChI is InChI=1S/C19H22ClN3O4S/c1-11-13(10-28(2,26)27)9-23(11)17-4-3-14(12-7-22(8-12)19(24)25)15-5-18(20)21-6-16(15)17/h3-6,11-13H,7-10H2,1-2H3,(H,24,25)/t11-,13-/m1/s1. The number of likely N-dealkylation sites (tertiary alicyclic amines) is 1. The maximum atomic E-state index is 11.6. The van der Waals surface area contributed by atoms with E-state index in [0.29, 0.717) is 24.8 Å². The highest BCUT2D eigenvalue weighted by atomic mass is 35.5. The van der Waals surface area contributed by atoms with Crippen LogP contribution in [0.2, 0.25) is 5.15 Å². The Bertz CT molecular complexity index is 1050. The number of anilines is 1. The second kappa shape index (κ2) is 6.77. The van der Waals surface area contributed by atoms with Crippen LogP contribution in [-0.4, -0.2) is 67.2 Å². The average Bonchev–Trinajstić information content (AvgIpc) is 2.56. The Morgan fingerprint density at radius 3 is 2.61 bits per heavy atom. The molecule has 0 spiro atoms. The number of sulfone groups is 1. The number of halogens is 1.